The normalized spacial score (nSPS) is 38.6. The topological polar surface area (TPSA) is 20.2 Å². The second-order valence-electron chi connectivity index (χ2n) is 3.90. The van der Waals surface area contributed by atoms with Crippen LogP contribution < -0.4 is 0 Å². The zero-order valence-corrected chi connectivity index (χ0v) is 7.51. The van der Waals surface area contributed by atoms with Gasteiger partial charge >= 0.3 is 0 Å². The second kappa shape index (κ2) is 3.40. The average molecular weight is 154 g/mol. The number of hydrogen-bond donors (Lipinski definition) is 1. The molecule has 1 fully saturated rings. The minimum atomic E-state index is -0.0922. The second-order valence-corrected chi connectivity index (χ2v) is 3.90. The highest BCUT2D eigenvalue weighted by Gasteiger charge is 2.25. The Morgan fingerprint density at radius 2 is 2.09 bits per heavy atom. The molecule has 0 aromatic rings. The fraction of sp³-hybridized carbons (Fsp3) is 0.800. The molecule has 1 saturated carbocycles. The Kier molecular flexibility index (Phi) is 2.72. The third-order valence-electron chi connectivity index (χ3n) is 2.85. The van der Waals surface area contributed by atoms with Gasteiger partial charge in [-0.3, -0.25) is 0 Å². The van der Waals surface area contributed by atoms with Gasteiger partial charge < -0.3 is 5.11 Å². The van der Waals surface area contributed by atoms with E-state index < -0.39 is 0 Å². The van der Waals surface area contributed by atoms with Crippen molar-refractivity contribution in [2.75, 3.05) is 0 Å². The number of aliphatic hydroxyl groups is 1. The van der Waals surface area contributed by atoms with Gasteiger partial charge in [-0.05, 0) is 38.0 Å². The van der Waals surface area contributed by atoms with Crippen molar-refractivity contribution in [1.82, 2.24) is 0 Å². The highest BCUT2D eigenvalue weighted by atomic mass is 16.3. The van der Waals surface area contributed by atoms with Crippen molar-refractivity contribution in [2.45, 2.75) is 39.2 Å². The van der Waals surface area contributed by atoms with Crippen LogP contribution in [0.2, 0.25) is 0 Å². The molecule has 0 amide bonds. The summed E-state index contributed by atoms with van der Waals surface area (Å²) in [5.41, 5.74) is 1.23. The van der Waals surface area contributed by atoms with Crippen molar-refractivity contribution in [1.29, 1.82) is 0 Å². The van der Waals surface area contributed by atoms with Gasteiger partial charge in [0.05, 0.1) is 6.10 Å². The SMILES string of the molecule is C=C(C)[C@H]1CC[C@@H](C)[C@H](O)C1. The Labute approximate surface area is 69.1 Å². The van der Waals surface area contributed by atoms with Crippen molar-refractivity contribution in [2.24, 2.45) is 11.8 Å². The number of aliphatic hydroxyl groups excluding tert-OH is 1. The van der Waals surface area contributed by atoms with Crippen molar-refractivity contribution >= 4 is 0 Å². The molecule has 1 N–H and O–H groups in total. The monoisotopic (exact) mass is 154 g/mol. The summed E-state index contributed by atoms with van der Waals surface area (Å²) in [7, 11) is 0. The summed E-state index contributed by atoms with van der Waals surface area (Å²) in [6, 6.07) is 0. The van der Waals surface area contributed by atoms with Crippen LogP contribution in [0, 0.1) is 11.8 Å². The van der Waals surface area contributed by atoms with E-state index in [0.29, 0.717) is 11.8 Å². The third kappa shape index (κ3) is 2.06. The molecule has 1 rings (SSSR count). The van der Waals surface area contributed by atoms with Crippen LogP contribution in [0.15, 0.2) is 12.2 Å². The van der Waals surface area contributed by atoms with Crippen LogP contribution in [-0.4, -0.2) is 11.2 Å². The van der Waals surface area contributed by atoms with Crippen molar-refractivity contribution in [3.63, 3.8) is 0 Å². The van der Waals surface area contributed by atoms with Crippen molar-refractivity contribution < 1.29 is 5.11 Å². The summed E-state index contributed by atoms with van der Waals surface area (Å²) in [5.74, 6) is 1.06. The van der Waals surface area contributed by atoms with E-state index in [9.17, 15) is 5.11 Å². The number of hydrogen-bond acceptors (Lipinski definition) is 1. The van der Waals surface area contributed by atoms with E-state index in [-0.39, 0.29) is 6.10 Å². The van der Waals surface area contributed by atoms with Crippen LogP contribution in [0.25, 0.3) is 0 Å². The zero-order chi connectivity index (χ0) is 8.43. The van der Waals surface area contributed by atoms with Crippen LogP contribution in [0.3, 0.4) is 0 Å². The summed E-state index contributed by atoms with van der Waals surface area (Å²) in [4.78, 5) is 0. The average Bonchev–Trinajstić information content (AvgIpc) is 1.94. The predicted octanol–water partition coefficient (Wildman–Crippen LogP) is 2.36. The molecule has 3 atom stereocenters. The van der Waals surface area contributed by atoms with Gasteiger partial charge in [-0.2, -0.15) is 0 Å². The molecule has 0 unspecified atom stereocenters. The van der Waals surface area contributed by atoms with Gasteiger partial charge in [-0.15, -0.1) is 0 Å². The summed E-state index contributed by atoms with van der Waals surface area (Å²) in [6.45, 7) is 8.11. The summed E-state index contributed by atoms with van der Waals surface area (Å²) in [5, 5.41) is 9.56. The maximum atomic E-state index is 9.56. The van der Waals surface area contributed by atoms with Crippen LogP contribution in [0.4, 0.5) is 0 Å². The van der Waals surface area contributed by atoms with Gasteiger partial charge in [-0.1, -0.05) is 19.1 Å². The minimum Gasteiger partial charge on any atom is -0.393 e. The first-order valence-corrected chi connectivity index (χ1v) is 4.44. The maximum absolute atomic E-state index is 9.56. The van der Waals surface area contributed by atoms with E-state index >= 15 is 0 Å². The standard InChI is InChI=1S/C10H18O/c1-7(2)9-5-4-8(3)10(11)6-9/h8-11H,1,4-6H2,2-3H3/t8-,9+,10-/m1/s1. The van der Waals surface area contributed by atoms with Gasteiger partial charge in [0, 0.05) is 0 Å². The van der Waals surface area contributed by atoms with Gasteiger partial charge in [0.2, 0.25) is 0 Å². The quantitative estimate of drug-likeness (QED) is 0.575. The molecule has 0 aromatic heterocycles. The third-order valence-corrected chi connectivity index (χ3v) is 2.85. The Morgan fingerprint density at radius 1 is 1.45 bits per heavy atom. The summed E-state index contributed by atoms with van der Waals surface area (Å²) in [6.07, 6.45) is 3.20. The highest BCUT2D eigenvalue weighted by Crippen LogP contribution is 2.32. The lowest BCUT2D eigenvalue weighted by atomic mass is 9.78. The first-order valence-electron chi connectivity index (χ1n) is 4.44. The van der Waals surface area contributed by atoms with Crippen molar-refractivity contribution in [3.05, 3.63) is 12.2 Å². The molecule has 64 valence electrons. The van der Waals surface area contributed by atoms with E-state index in [1.54, 1.807) is 0 Å². The first-order chi connectivity index (χ1) is 5.11. The molecule has 1 aliphatic rings. The van der Waals surface area contributed by atoms with E-state index in [0.717, 1.165) is 12.8 Å². The summed E-state index contributed by atoms with van der Waals surface area (Å²) < 4.78 is 0. The molecule has 1 nitrogen and oxygen atoms in total. The Hall–Kier alpha value is -0.300. The molecule has 0 aliphatic heterocycles. The minimum absolute atomic E-state index is 0.0922. The van der Waals surface area contributed by atoms with E-state index in [1.165, 1.54) is 12.0 Å². The number of rotatable bonds is 1. The van der Waals surface area contributed by atoms with E-state index in [4.69, 9.17) is 0 Å². The lowest BCUT2D eigenvalue weighted by Gasteiger charge is -2.31. The van der Waals surface area contributed by atoms with Crippen molar-refractivity contribution in [3.8, 4) is 0 Å². The lowest BCUT2D eigenvalue weighted by molar-refractivity contribution is 0.0614. The van der Waals surface area contributed by atoms with Gasteiger partial charge in [0.25, 0.3) is 0 Å². The van der Waals surface area contributed by atoms with Crippen LogP contribution in [0.1, 0.15) is 33.1 Å². The number of allylic oxidation sites excluding steroid dienone is 1. The Morgan fingerprint density at radius 3 is 2.55 bits per heavy atom. The Bertz CT molecular complexity index is 151. The molecule has 0 radical (unpaired) electrons. The van der Waals surface area contributed by atoms with E-state index in [2.05, 4.69) is 20.4 Å². The first kappa shape index (κ1) is 8.79. The molecule has 1 heteroatoms. The van der Waals surface area contributed by atoms with Crippen LogP contribution in [0.5, 0.6) is 0 Å². The molecule has 0 saturated heterocycles. The Balaban J connectivity index is 2.46. The van der Waals surface area contributed by atoms with Gasteiger partial charge in [0.1, 0.15) is 0 Å². The fourth-order valence-electron chi connectivity index (χ4n) is 1.75. The summed E-state index contributed by atoms with van der Waals surface area (Å²) >= 11 is 0. The molecule has 0 spiro atoms. The van der Waals surface area contributed by atoms with E-state index in [1.807, 2.05) is 0 Å². The lowest BCUT2D eigenvalue weighted by Crippen LogP contribution is -2.27. The highest BCUT2D eigenvalue weighted by molar-refractivity contribution is 4.99. The zero-order valence-electron chi connectivity index (χ0n) is 7.51. The molecule has 0 aromatic carbocycles. The molecular weight excluding hydrogens is 136 g/mol. The predicted molar refractivity (Wildman–Crippen MR) is 47.3 cm³/mol. The molecule has 0 heterocycles. The van der Waals surface area contributed by atoms with Crippen LogP contribution in [-0.2, 0) is 0 Å². The molecule has 1 aliphatic carbocycles. The molecule has 11 heavy (non-hydrogen) atoms. The molecule has 0 bridgehead atoms. The van der Waals surface area contributed by atoms with Gasteiger partial charge in [0.15, 0.2) is 0 Å². The largest absolute Gasteiger partial charge is 0.393 e. The van der Waals surface area contributed by atoms with Crippen LogP contribution >= 0.6 is 0 Å². The maximum Gasteiger partial charge on any atom is 0.0571 e. The smallest absolute Gasteiger partial charge is 0.0571 e. The van der Waals surface area contributed by atoms with Gasteiger partial charge in [-0.25, -0.2) is 0 Å². The fourth-order valence-corrected chi connectivity index (χ4v) is 1.75. The molecular formula is C10H18O.